The van der Waals surface area contributed by atoms with Crippen LogP contribution in [0.3, 0.4) is 0 Å². The summed E-state index contributed by atoms with van der Waals surface area (Å²) in [5.41, 5.74) is 0. The number of sulfonamides is 1. The quantitative estimate of drug-likeness (QED) is 0.437. The Hall–Kier alpha value is -1.75. The summed E-state index contributed by atoms with van der Waals surface area (Å²) in [6.45, 7) is 1.73. The van der Waals surface area contributed by atoms with Crippen molar-refractivity contribution in [2.45, 2.75) is 24.3 Å². The molecule has 146 valence electrons. The van der Waals surface area contributed by atoms with Crippen molar-refractivity contribution in [1.29, 1.82) is 0 Å². The van der Waals surface area contributed by atoms with E-state index in [1.807, 2.05) is 0 Å². The van der Waals surface area contributed by atoms with Crippen LogP contribution in [0, 0.1) is 5.82 Å². The second-order valence-corrected chi connectivity index (χ2v) is 7.31. The Morgan fingerprint density at radius 1 is 1.31 bits per heavy atom. The summed E-state index contributed by atoms with van der Waals surface area (Å²) in [5.74, 6) is -1.98. The number of methoxy groups -OCH3 is 1. The lowest BCUT2D eigenvalue weighted by Gasteiger charge is -2.13. The van der Waals surface area contributed by atoms with Crippen LogP contribution >= 0.6 is 11.6 Å². The van der Waals surface area contributed by atoms with Gasteiger partial charge in [-0.15, -0.1) is 0 Å². The number of hydrogen-bond donors (Lipinski definition) is 2. The first-order valence-corrected chi connectivity index (χ1v) is 9.44. The van der Waals surface area contributed by atoms with Gasteiger partial charge in [-0.1, -0.05) is 11.6 Å². The normalized spacial score (nSPS) is 12.5. The molecule has 0 aliphatic carbocycles. The van der Waals surface area contributed by atoms with Crippen molar-refractivity contribution in [2.75, 3.05) is 26.8 Å². The summed E-state index contributed by atoms with van der Waals surface area (Å²) >= 11 is 5.55. The molecule has 1 rings (SSSR count). The van der Waals surface area contributed by atoms with Crippen LogP contribution in [-0.2, 0) is 29.1 Å². The van der Waals surface area contributed by atoms with Crippen LogP contribution in [0.4, 0.5) is 4.39 Å². The molecule has 2 N–H and O–H groups in total. The lowest BCUT2D eigenvalue weighted by Crippen LogP contribution is -2.38. The van der Waals surface area contributed by atoms with E-state index in [-0.39, 0.29) is 29.4 Å². The molecule has 0 fully saturated rings. The largest absolute Gasteiger partial charge is 0.453 e. The zero-order valence-electron chi connectivity index (χ0n) is 14.3. The third-order valence-electron chi connectivity index (χ3n) is 3.11. The first-order chi connectivity index (χ1) is 12.2. The van der Waals surface area contributed by atoms with Crippen molar-refractivity contribution in [3.8, 4) is 0 Å². The predicted molar refractivity (Wildman–Crippen MR) is 91.7 cm³/mol. The molecule has 0 heterocycles. The standard InChI is InChI=1S/C15H20ClFN2O6S/c1-10(15(21)18-7-8-24-2)25-14(20)5-6-19-26(22,23)11-3-4-13(17)12(16)9-11/h3-4,9-10,19H,5-8H2,1-2H3,(H,18,21)/t10-/m1/s1. The molecular formula is C15H20ClFN2O6S. The summed E-state index contributed by atoms with van der Waals surface area (Å²) < 4.78 is 49.0. The lowest BCUT2D eigenvalue weighted by molar-refractivity contribution is -0.154. The first kappa shape index (κ1) is 22.3. The number of esters is 1. The highest BCUT2D eigenvalue weighted by atomic mass is 35.5. The molecule has 8 nitrogen and oxygen atoms in total. The van der Waals surface area contributed by atoms with Crippen molar-refractivity contribution in [1.82, 2.24) is 10.0 Å². The molecule has 0 saturated carbocycles. The highest BCUT2D eigenvalue weighted by Gasteiger charge is 2.19. The van der Waals surface area contributed by atoms with Crippen LogP contribution < -0.4 is 10.0 Å². The summed E-state index contributed by atoms with van der Waals surface area (Å²) in [4.78, 5) is 23.1. The van der Waals surface area contributed by atoms with E-state index in [1.54, 1.807) is 0 Å². The van der Waals surface area contributed by atoms with Gasteiger partial charge in [0.25, 0.3) is 5.91 Å². The van der Waals surface area contributed by atoms with Crippen LogP contribution in [0.1, 0.15) is 13.3 Å². The molecule has 11 heteroatoms. The molecular weight excluding hydrogens is 391 g/mol. The fourth-order valence-electron chi connectivity index (χ4n) is 1.74. The first-order valence-electron chi connectivity index (χ1n) is 7.58. The molecule has 0 radical (unpaired) electrons. The fourth-order valence-corrected chi connectivity index (χ4v) is 3.05. The zero-order valence-corrected chi connectivity index (χ0v) is 15.8. The Morgan fingerprint density at radius 3 is 2.62 bits per heavy atom. The second kappa shape index (κ2) is 10.4. The van der Waals surface area contributed by atoms with E-state index >= 15 is 0 Å². The topological polar surface area (TPSA) is 111 Å². The Bertz CT molecular complexity index is 744. The number of amides is 1. The van der Waals surface area contributed by atoms with E-state index in [0.717, 1.165) is 18.2 Å². The van der Waals surface area contributed by atoms with Crippen LogP contribution in [0.5, 0.6) is 0 Å². The highest BCUT2D eigenvalue weighted by molar-refractivity contribution is 7.89. The van der Waals surface area contributed by atoms with E-state index < -0.39 is 33.8 Å². The number of nitrogens with one attached hydrogen (secondary N) is 2. The van der Waals surface area contributed by atoms with E-state index in [1.165, 1.54) is 14.0 Å². The van der Waals surface area contributed by atoms with Crippen molar-refractivity contribution in [3.63, 3.8) is 0 Å². The summed E-state index contributed by atoms with van der Waals surface area (Å²) in [7, 11) is -2.47. The van der Waals surface area contributed by atoms with E-state index in [4.69, 9.17) is 21.1 Å². The number of carbonyl (C=O) groups is 2. The van der Waals surface area contributed by atoms with E-state index in [9.17, 15) is 22.4 Å². The Kier molecular flexibility index (Phi) is 8.93. The molecule has 1 aromatic rings. The predicted octanol–water partition coefficient (Wildman–Crippen LogP) is 0.842. The van der Waals surface area contributed by atoms with Crippen LogP contribution in [-0.4, -0.2) is 53.2 Å². The Labute approximate surface area is 156 Å². The molecule has 0 saturated heterocycles. The highest BCUT2D eigenvalue weighted by Crippen LogP contribution is 2.19. The number of hydrogen-bond acceptors (Lipinski definition) is 6. The molecule has 0 unspecified atom stereocenters. The van der Waals surface area contributed by atoms with Crippen LogP contribution in [0.2, 0.25) is 5.02 Å². The van der Waals surface area contributed by atoms with Gasteiger partial charge in [-0.3, -0.25) is 9.59 Å². The maximum Gasteiger partial charge on any atom is 0.307 e. The van der Waals surface area contributed by atoms with Crippen molar-refractivity contribution in [3.05, 3.63) is 29.0 Å². The third-order valence-corrected chi connectivity index (χ3v) is 4.85. The van der Waals surface area contributed by atoms with Gasteiger partial charge in [0.05, 0.1) is 22.9 Å². The Balaban J connectivity index is 2.45. The third kappa shape index (κ3) is 7.24. The minimum atomic E-state index is -3.96. The maximum atomic E-state index is 13.1. The van der Waals surface area contributed by atoms with Gasteiger partial charge >= 0.3 is 5.97 Å². The summed E-state index contributed by atoms with van der Waals surface area (Å²) in [6, 6.07) is 2.94. The summed E-state index contributed by atoms with van der Waals surface area (Å²) in [6.07, 6.45) is -1.31. The molecule has 1 aromatic carbocycles. The average molecular weight is 411 g/mol. The second-order valence-electron chi connectivity index (χ2n) is 5.14. The number of rotatable bonds is 10. The molecule has 0 bridgehead atoms. The fraction of sp³-hybridized carbons (Fsp3) is 0.467. The smallest absolute Gasteiger partial charge is 0.307 e. The molecule has 0 spiro atoms. The molecule has 1 atom stereocenters. The van der Waals surface area contributed by atoms with Gasteiger partial charge in [-0.2, -0.15) is 0 Å². The van der Waals surface area contributed by atoms with Gasteiger partial charge < -0.3 is 14.8 Å². The van der Waals surface area contributed by atoms with Crippen molar-refractivity contribution >= 4 is 33.5 Å². The zero-order chi connectivity index (χ0) is 19.7. The number of halogens is 2. The molecule has 0 aliphatic rings. The minimum Gasteiger partial charge on any atom is -0.453 e. The van der Waals surface area contributed by atoms with Gasteiger partial charge in [0, 0.05) is 20.2 Å². The van der Waals surface area contributed by atoms with Crippen molar-refractivity contribution < 1.29 is 31.9 Å². The SMILES string of the molecule is COCCNC(=O)[C@@H](C)OC(=O)CCNS(=O)(=O)c1ccc(F)c(Cl)c1. The average Bonchev–Trinajstić information content (AvgIpc) is 2.57. The lowest BCUT2D eigenvalue weighted by atomic mass is 10.3. The molecule has 26 heavy (non-hydrogen) atoms. The van der Waals surface area contributed by atoms with Gasteiger partial charge in [-0.25, -0.2) is 17.5 Å². The van der Waals surface area contributed by atoms with Crippen molar-refractivity contribution in [2.24, 2.45) is 0 Å². The monoisotopic (exact) mass is 410 g/mol. The van der Waals surface area contributed by atoms with Crippen LogP contribution in [0.15, 0.2) is 23.1 Å². The summed E-state index contributed by atoms with van der Waals surface area (Å²) in [5, 5.41) is 2.17. The molecule has 0 aliphatic heterocycles. The maximum absolute atomic E-state index is 13.1. The van der Waals surface area contributed by atoms with Crippen LogP contribution in [0.25, 0.3) is 0 Å². The molecule has 1 amide bonds. The number of ether oxygens (including phenoxy) is 2. The van der Waals surface area contributed by atoms with E-state index in [2.05, 4.69) is 10.0 Å². The minimum absolute atomic E-state index is 0.233. The van der Waals surface area contributed by atoms with E-state index in [0.29, 0.717) is 6.61 Å². The van der Waals surface area contributed by atoms with Gasteiger partial charge in [0.2, 0.25) is 10.0 Å². The van der Waals surface area contributed by atoms with Gasteiger partial charge in [0.1, 0.15) is 5.82 Å². The molecule has 0 aromatic heterocycles. The number of benzene rings is 1. The van der Waals surface area contributed by atoms with Gasteiger partial charge in [-0.05, 0) is 25.1 Å². The number of carbonyl (C=O) groups excluding carboxylic acids is 2. The van der Waals surface area contributed by atoms with Gasteiger partial charge in [0.15, 0.2) is 6.10 Å². The Morgan fingerprint density at radius 2 is 2.00 bits per heavy atom.